The molecule has 266 valence electrons. The molecule has 0 radical (unpaired) electrons. The number of nitrogen functional groups attached to an aromatic ring is 1. The van der Waals surface area contributed by atoms with Gasteiger partial charge in [-0.2, -0.15) is 15.4 Å². The van der Waals surface area contributed by atoms with Crippen molar-refractivity contribution < 1.29 is 37.4 Å². The van der Waals surface area contributed by atoms with Crippen molar-refractivity contribution in [1.82, 2.24) is 19.7 Å². The first-order valence-electron chi connectivity index (χ1n) is 16.3. The summed E-state index contributed by atoms with van der Waals surface area (Å²) in [6.45, 7) is 17.0. The van der Waals surface area contributed by atoms with Crippen LogP contribution >= 0.6 is 7.75 Å². The summed E-state index contributed by atoms with van der Waals surface area (Å²) in [6, 6.07) is 11.7. The Morgan fingerprint density at radius 2 is 1.84 bits per heavy atom. The van der Waals surface area contributed by atoms with Gasteiger partial charge in [0.25, 0.3) is 0 Å². The van der Waals surface area contributed by atoms with Crippen LogP contribution in [0.3, 0.4) is 0 Å². The molecule has 3 aromatic rings. The van der Waals surface area contributed by atoms with Crippen molar-refractivity contribution in [2.45, 2.75) is 110 Å². The van der Waals surface area contributed by atoms with Crippen LogP contribution in [0.4, 0.5) is 5.82 Å². The fourth-order valence-corrected chi connectivity index (χ4v) is 7.17. The predicted octanol–water partition coefficient (Wildman–Crippen LogP) is 5.41. The van der Waals surface area contributed by atoms with Crippen molar-refractivity contribution in [1.29, 1.82) is 5.26 Å². The van der Waals surface area contributed by atoms with Gasteiger partial charge >= 0.3 is 13.7 Å². The van der Waals surface area contributed by atoms with Gasteiger partial charge in [-0.3, -0.25) is 9.32 Å². The molecule has 1 aromatic carbocycles. The van der Waals surface area contributed by atoms with E-state index in [-0.39, 0.29) is 35.6 Å². The maximum atomic E-state index is 14.5. The minimum absolute atomic E-state index is 0.120. The summed E-state index contributed by atoms with van der Waals surface area (Å²) >= 11 is 0. The van der Waals surface area contributed by atoms with E-state index in [1.165, 1.54) is 17.8 Å². The topological polar surface area (TPSA) is 182 Å². The highest BCUT2D eigenvalue weighted by molar-refractivity contribution is 7.52. The molecule has 6 atom stereocenters. The lowest BCUT2D eigenvalue weighted by molar-refractivity contribution is -0.204. The number of aromatic nitrogens is 3. The van der Waals surface area contributed by atoms with E-state index < -0.39 is 49.5 Å². The smallest absolute Gasteiger partial charge is 0.459 e. The molecule has 0 amide bonds. The molecule has 2 saturated heterocycles. The fraction of sp³-hybridized carbons (Fsp3) is 0.588. The molecule has 5 rings (SSSR count). The van der Waals surface area contributed by atoms with Crippen molar-refractivity contribution in [3.05, 3.63) is 54.0 Å². The Kier molecular flexibility index (Phi) is 9.95. The quantitative estimate of drug-likeness (QED) is 0.181. The first kappa shape index (κ1) is 36.7. The van der Waals surface area contributed by atoms with Crippen molar-refractivity contribution >= 4 is 25.1 Å². The Morgan fingerprint density at radius 3 is 2.47 bits per heavy atom. The molecule has 15 heteroatoms. The zero-order valence-electron chi connectivity index (χ0n) is 29.6. The van der Waals surface area contributed by atoms with Gasteiger partial charge in [0.15, 0.2) is 11.6 Å². The third-order valence-corrected chi connectivity index (χ3v) is 10.5. The van der Waals surface area contributed by atoms with Crippen molar-refractivity contribution in [2.75, 3.05) is 18.9 Å². The number of hydrogen-bond acceptors (Lipinski definition) is 12. The third kappa shape index (κ3) is 7.62. The van der Waals surface area contributed by atoms with Crippen molar-refractivity contribution in [3.8, 4) is 11.8 Å². The molecule has 0 saturated carbocycles. The second kappa shape index (κ2) is 13.3. The number of esters is 1. The van der Waals surface area contributed by atoms with Gasteiger partial charge in [0.05, 0.1) is 18.9 Å². The number of ether oxygens (including phenoxy) is 4. The van der Waals surface area contributed by atoms with Gasteiger partial charge in [-0.05, 0) is 67.9 Å². The number of nitrogens with one attached hydrogen (secondary N) is 1. The Morgan fingerprint density at radius 1 is 1.14 bits per heavy atom. The van der Waals surface area contributed by atoms with Crippen LogP contribution in [-0.2, 0) is 43.8 Å². The maximum absolute atomic E-state index is 14.5. The summed E-state index contributed by atoms with van der Waals surface area (Å²) in [5.74, 6) is -1.23. The minimum atomic E-state index is -4.31. The molecule has 0 aliphatic carbocycles. The summed E-state index contributed by atoms with van der Waals surface area (Å²) < 4.78 is 52.4. The number of fused-ring (bicyclic) bond motifs is 2. The van der Waals surface area contributed by atoms with E-state index in [0.29, 0.717) is 11.2 Å². The number of hydrogen-bond donors (Lipinski definition) is 2. The Balaban J connectivity index is 1.43. The molecule has 2 aliphatic rings. The van der Waals surface area contributed by atoms with E-state index in [1.807, 2.05) is 32.9 Å². The summed E-state index contributed by atoms with van der Waals surface area (Å²) in [7, 11) is -4.31. The minimum Gasteiger partial charge on any atom is -0.464 e. The highest BCUT2D eigenvalue weighted by atomic mass is 31.2. The molecule has 2 aliphatic heterocycles. The monoisotopic (exact) mass is 698 g/mol. The van der Waals surface area contributed by atoms with Crippen LogP contribution in [0, 0.1) is 16.7 Å². The van der Waals surface area contributed by atoms with Gasteiger partial charge in [-0.25, -0.2) is 14.1 Å². The second-order valence-corrected chi connectivity index (χ2v) is 16.5. The number of benzene rings is 1. The Labute approximate surface area is 287 Å². The highest BCUT2D eigenvalue weighted by Gasteiger charge is 2.65. The molecule has 2 aromatic heterocycles. The molecule has 2 fully saturated rings. The van der Waals surface area contributed by atoms with Crippen LogP contribution in [0.25, 0.3) is 5.52 Å². The lowest BCUT2D eigenvalue weighted by Gasteiger charge is -2.29. The molecule has 49 heavy (non-hydrogen) atoms. The average molecular weight is 699 g/mol. The second-order valence-electron chi connectivity index (χ2n) is 14.8. The summed E-state index contributed by atoms with van der Waals surface area (Å²) in [4.78, 5) is 17.1. The molecule has 1 unspecified atom stereocenters. The van der Waals surface area contributed by atoms with Gasteiger partial charge in [0.2, 0.25) is 5.60 Å². The van der Waals surface area contributed by atoms with E-state index >= 15 is 0 Å². The number of nitrogens with zero attached hydrogens (tertiary/aromatic N) is 4. The molecule has 14 nitrogen and oxygen atoms in total. The largest absolute Gasteiger partial charge is 0.464 e. The Bertz CT molecular complexity index is 1760. The summed E-state index contributed by atoms with van der Waals surface area (Å²) in [5, 5.41) is 17.7. The van der Waals surface area contributed by atoms with Gasteiger partial charge in [-0.15, -0.1) is 0 Å². The van der Waals surface area contributed by atoms with Crippen LogP contribution in [0.15, 0.2) is 42.7 Å². The van der Waals surface area contributed by atoms with Gasteiger partial charge in [-0.1, -0.05) is 53.7 Å². The molecular weight excluding hydrogens is 651 g/mol. The lowest BCUT2D eigenvalue weighted by Crippen LogP contribution is -2.40. The summed E-state index contributed by atoms with van der Waals surface area (Å²) in [5.41, 5.74) is 5.87. The van der Waals surface area contributed by atoms with Crippen LogP contribution in [-0.4, -0.2) is 63.9 Å². The highest BCUT2D eigenvalue weighted by Crippen LogP contribution is 2.51. The van der Waals surface area contributed by atoms with Gasteiger partial charge < -0.3 is 29.2 Å². The van der Waals surface area contributed by atoms with Crippen LogP contribution in [0.1, 0.15) is 80.0 Å². The van der Waals surface area contributed by atoms with E-state index in [1.54, 1.807) is 38.1 Å². The van der Waals surface area contributed by atoms with Crippen molar-refractivity contribution in [3.63, 3.8) is 0 Å². The first-order valence-corrected chi connectivity index (χ1v) is 17.9. The molecule has 4 heterocycles. The van der Waals surface area contributed by atoms with E-state index in [4.69, 9.17) is 33.7 Å². The molecule has 3 N–H and O–H groups in total. The van der Waals surface area contributed by atoms with Gasteiger partial charge in [0.1, 0.15) is 48.0 Å². The Hall–Kier alpha value is -3.57. The zero-order chi connectivity index (χ0) is 36.0. The number of carbonyl (C=O) groups excluding carboxylic acids is 1. The number of nitriles is 1. The molecular formula is C34H47N6O8P. The number of nitrogens with two attached hydrogens (primary N) is 1. The predicted molar refractivity (Wildman–Crippen MR) is 180 cm³/mol. The van der Waals surface area contributed by atoms with Crippen molar-refractivity contribution in [2.24, 2.45) is 5.41 Å². The van der Waals surface area contributed by atoms with E-state index in [9.17, 15) is 14.6 Å². The van der Waals surface area contributed by atoms with Crippen LogP contribution in [0.5, 0.6) is 5.75 Å². The average Bonchev–Trinajstić information content (AvgIpc) is 3.69. The summed E-state index contributed by atoms with van der Waals surface area (Å²) in [6.07, 6.45) is -0.636. The number of anilines is 1. The zero-order valence-corrected chi connectivity index (χ0v) is 30.4. The SMILES string of the molecule is CCC(C)(C)COC(=O)[C@H](C)NP(=O)(OC[C@H]1O[C@@](C#N)(c2ccc3c(N)ncnn23)[C@@H]2OC(C)(C)O[C@@H]21)Oc1ccc(C(C)(C)C)cc1. The first-order chi connectivity index (χ1) is 22.8. The van der Waals surface area contributed by atoms with E-state index in [2.05, 4.69) is 42.0 Å². The maximum Gasteiger partial charge on any atom is 0.459 e. The lowest BCUT2D eigenvalue weighted by atomic mass is 9.87. The normalized spacial score (nSPS) is 25.3. The number of carbonyl (C=O) groups is 1. The fourth-order valence-electron chi connectivity index (χ4n) is 5.66. The van der Waals surface area contributed by atoms with E-state index in [0.717, 1.165) is 12.0 Å². The van der Waals surface area contributed by atoms with Crippen LogP contribution in [0.2, 0.25) is 0 Å². The molecule has 0 spiro atoms. The van der Waals surface area contributed by atoms with Crippen LogP contribution < -0.4 is 15.3 Å². The van der Waals surface area contributed by atoms with Gasteiger partial charge in [0, 0.05) is 0 Å². The number of rotatable bonds is 12. The third-order valence-electron chi connectivity index (χ3n) is 8.88. The standard InChI is InChI=1S/C34H47N6O8P/c1-10-32(6,7)19-43-30(41)21(2)39-49(42,48-23-13-11-22(12-14-23)31(3,4)5)44-17-25-27-28(47-33(8,9)46-27)34(18-35,45-25)26-16-15-24-29(36)37-20-38-40(24)26/h11-16,20-21,25,27-28H,10,17,19H2,1-9H3,(H,39,42)(H2,36,37,38)/t21-,25+,27+,28+,34-,49?/m0/s1. The molecule has 0 bridgehead atoms.